The lowest BCUT2D eigenvalue weighted by molar-refractivity contribution is 0.0701. The van der Waals surface area contributed by atoms with Crippen LogP contribution in [-0.4, -0.2) is 17.7 Å². The second kappa shape index (κ2) is 6.50. The zero-order valence-electron chi connectivity index (χ0n) is 8.54. The van der Waals surface area contributed by atoms with Gasteiger partial charge in [0.2, 0.25) is 11.8 Å². The Hall–Kier alpha value is -1.07. The quantitative estimate of drug-likeness (QED) is 0.622. The van der Waals surface area contributed by atoms with Crippen LogP contribution in [0.4, 0.5) is 0 Å². The number of rotatable bonds is 5. The van der Waals surface area contributed by atoms with Crippen molar-refractivity contribution in [2.45, 2.75) is 6.92 Å². The van der Waals surface area contributed by atoms with Crippen molar-refractivity contribution in [3.63, 3.8) is 0 Å². The van der Waals surface area contributed by atoms with E-state index in [2.05, 4.69) is 5.25 Å². The lowest BCUT2D eigenvalue weighted by Crippen LogP contribution is -2.09. The third-order valence-electron chi connectivity index (χ3n) is 1.57. The molecule has 0 radical (unpaired) electrons. The minimum absolute atomic E-state index is 0.0816. The number of benzene rings is 1. The molecule has 86 valence electrons. The zero-order valence-corrected chi connectivity index (χ0v) is 10.3. The molecule has 0 amide bonds. The SMILES string of the molecule is CCON[P+](=S)OC(=O)c1ccccc1O. The topological polar surface area (TPSA) is 67.8 Å². The summed E-state index contributed by atoms with van der Waals surface area (Å²) in [7, 11) is -1.61. The average molecular weight is 260 g/mol. The molecule has 7 heteroatoms. The number of carbonyl (C=O) groups is 1. The number of hydrogen-bond acceptors (Lipinski definition) is 5. The Morgan fingerprint density at radius 1 is 1.56 bits per heavy atom. The number of para-hydroxylation sites is 1. The van der Waals surface area contributed by atoms with Gasteiger partial charge in [0.15, 0.2) is 0 Å². The van der Waals surface area contributed by atoms with Gasteiger partial charge in [0, 0.05) is 5.25 Å². The summed E-state index contributed by atoms with van der Waals surface area (Å²) in [6.45, 7) is 2.19. The summed E-state index contributed by atoms with van der Waals surface area (Å²) in [6, 6.07) is 6.09. The molecular weight excluding hydrogens is 249 g/mol. The molecule has 0 aliphatic carbocycles. The third kappa shape index (κ3) is 3.83. The van der Waals surface area contributed by atoms with E-state index in [1.807, 2.05) is 0 Å². The van der Waals surface area contributed by atoms with E-state index in [-0.39, 0.29) is 11.3 Å². The summed E-state index contributed by atoms with van der Waals surface area (Å²) in [6.07, 6.45) is 0. The van der Waals surface area contributed by atoms with Gasteiger partial charge in [-0.2, -0.15) is 0 Å². The van der Waals surface area contributed by atoms with Gasteiger partial charge in [-0.25, -0.2) is 9.32 Å². The van der Waals surface area contributed by atoms with Crippen molar-refractivity contribution in [3.8, 4) is 5.75 Å². The lowest BCUT2D eigenvalue weighted by atomic mass is 10.2. The lowest BCUT2D eigenvalue weighted by Gasteiger charge is -1.98. The van der Waals surface area contributed by atoms with Gasteiger partial charge in [-0.15, -0.1) is 0 Å². The van der Waals surface area contributed by atoms with Crippen molar-refractivity contribution in [3.05, 3.63) is 29.8 Å². The molecule has 1 aromatic rings. The van der Waals surface area contributed by atoms with Crippen LogP contribution in [0.15, 0.2) is 24.3 Å². The number of carbonyl (C=O) groups excluding carboxylic acids is 1. The molecular formula is C9H11NO4PS+. The number of hydrogen-bond donors (Lipinski definition) is 2. The molecule has 2 N–H and O–H groups in total. The molecule has 0 heterocycles. The van der Waals surface area contributed by atoms with Crippen LogP contribution in [-0.2, 0) is 21.2 Å². The van der Waals surface area contributed by atoms with Crippen molar-refractivity contribution >= 4 is 24.9 Å². The largest absolute Gasteiger partial charge is 0.519 e. The molecule has 0 saturated heterocycles. The second-order valence-electron chi connectivity index (χ2n) is 2.68. The molecule has 0 bridgehead atoms. The van der Waals surface area contributed by atoms with E-state index in [0.29, 0.717) is 6.61 Å². The molecule has 0 saturated carbocycles. The summed E-state index contributed by atoms with van der Waals surface area (Å²) >= 11 is 4.83. The first kappa shape index (κ1) is 13.0. The van der Waals surface area contributed by atoms with E-state index < -0.39 is 13.0 Å². The molecule has 1 unspecified atom stereocenters. The van der Waals surface area contributed by atoms with Crippen molar-refractivity contribution in [1.29, 1.82) is 0 Å². The van der Waals surface area contributed by atoms with Gasteiger partial charge in [0.1, 0.15) is 11.3 Å². The molecule has 1 aromatic carbocycles. The van der Waals surface area contributed by atoms with E-state index in [9.17, 15) is 9.90 Å². The van der Waals surface area contributed by atoms with Crippen LogP contribution < -0.4 is 5.25 Å². The summed E-state index contributed by atoms with van der Waals surface area (Å²) in [5, 5.41) is 11.8. The van der Waals surface area contributed by atoms with Gasteiger partial charge in [-0.3, -0.25) is 4.84 Å². The van der Waals surface area contributed by atoms with E-state index in [4.69, 9.17) is 21.2 Å². The molecule has 5 nitrogen and oxygen atoms in total. The molecule has 0 aliphatic heterocycles. The predicted octanol–water partition coefficient (Wildman–Crippen LogP) is 1.86. The van der Waals surface area contributed by atoms with Gasteiger partial charge < -0.3 is 5.11 Å². The first-order valence-electron chi connectivity index (χ1n) is 4.50. The van der Waals surface area contributed by atoms with Crippen LogP contribution in [0, 0.1) is 0 Å². The van der Waals surface area contributed by atoms with E-state index in [0.717, 1.165) is 0 Å². The highest BCUT2D eigenvalue weighted by Gasteiger charge is 2.22. The minimum Gasteiger partial charge on any atom is -0.507 e. The molecule has 16 heavy (non-hydrogen) atoms. The van der Waals surface area contributed by atoms with Crippen molar-refractivity contribution < 1.29 is 19.3 Å². The first-order valence-corrected chi connectivity index (χ1v) is 6.77. The molecule has 0 fully saturated rings. The third-order valence-corrected chi connectivity index (χ3v) is 2.63. The predicted molar refractivity (Wildman–Crippen MR) is 62.6 cm³/mol. The Balaban J connectivity index is 2.59. The Kier molecular flexibility index (Phi) is 5.28. The Bertz CT molecular complexity index is 399. The van der Waals surface area contributed by atoms with Crippen molar-refractivity contribution in [2.24, 2.45) is 0 Å². The maximum Gasteiger partial charge on any atom is 0.519 e. The van der Waals surface area contributed by atoms with Gasteiger partial charge >= 0.3 is 13.0 Å². The normalized spacial score (nSPS) is 10.9. The van der Waals surface area contributed by atoms with Crippen LogP contribution in [0.5, 0.6) is 5.75 Å². The van der Waals surface area contributed by atoms with Crippen molar-refractivity contribution in [2.75, 3.05) is 6.61 Å². The van der Waals surface area contributed by atoms with Crippen LogP contribution in [0.3, 0.4) is 0 Å². The molecule has 1 rings (SSSR count). The smallest absolute Gasteiger partial charge is 0.507 e. The van der Waals surface area contributed by atoms with Gasteiger partial charge in [-0.1, -0.05) is 12.1 Å². The van der Waals surface area contributed by atoms with E-state index in [1.165, 1.54) is 12.1 Å². The first-order chi connectivity index (χ1) is 7.65. The number of aromatic hydroxyl groups is 1. The van der Waals surface area contributed by atoms with E-state index >= 15 is 0 Å². The van der Waals surface area contributed by atoms with Gasteiger partial charge in [0.05, 0.1) is 6.61 Å². The summed E-state index contributed by atoms with van der Waals surface area (Å²) < 4.78 is 4.86. The maximum absolute atomic E-state index is 11.5. The minimum atomic E-state index is -1.61. The van der Waals surface area contributed by atoms with Gasteiger partial charge in [0.25, 0.3) is 0 Å². The summed E-state index contributed by atoms with van der Waals surface area (Å²) in [5.74, 6) is -0.811. The molecule has 0 aromatic heterocycles. The second-order valence-corrected chi connectivity index (χ2v) is 4.55. The Morgan fingerprint density at radius 2 is 2.25 bits per heavy atom. The standard InChI is InChI=1S/C9H10NO4PS/c1-2-13-10-15(16)14-9(12)7-5-3-4-6-8(7)11/h3-6H,2H2,1H3,(H-,10,11,12,16)/p+1. The van der Waals surface area contributed by atoms with E-state index in [1.54, 1.807) is 19.1 Å². The number of phenolic OH excluding ortho intramolecular Hbond substituents is 1. The fourth-order valence-electron chi connectivity index (χ4n) is 0.907. The van der Waals surface area contributed by atoms with Crippen LogP contribution in [0.1, 0.15) is 17.3 Å². The highest BCUT2D eigenvalue weighted by atomic mass is 32.4. The van der Waals surface area contributed by atoms with Crippen LogP contribution >= 0.6 is 7.07 Å². The van der Waals surface area contributed by atoms with Gasteiger partial charge in [-0.05, 0) is 19.1 Å². The highest BCUT2D eigenvalue weighted by Crippen LogP contribution is 2.23. The fourth-order valence-corrected chi connectivity index (χ4v) is 1.79. The molecule has 0 spiro atoms. The summed E-state index contributed by atoms with van der Waals surface area (Å²) in [5.41, 5.74) is 0.0816. The number of nitrogens with one attached hydrogen (secondary N) is 1. The Morgan fingerprint density at radius 3 is 2.88 bits per heavy atom. The van der Waals surface area contributed by atoms with Crippen LogP contribution in [0.2, 0.25) is 0 Å². The fraction of sp³-hybridized carbons (Fsp3) is 0.222. The number of phenols is 1. The monoisotopic (exact) mass is 260 g/mol. The molecule has 1 atom stereocenters. The molecule has 0 aliphatic rings. The zero-order chi connectivity index (χ0) is 12.0. The maximum atomic E-state index is 11.5. The summed E-state index contributed by atoms with van der Waals surface area (Å²) in [4.78, 5) is 16.3. The highest BCUT2D eigenvalue weighted by molar-refractivity contribution is 8.02. The van der Waals surface area contributed by atoms with Crippen molar-refractivity contribution in [1.82, 2.24) is 5.25 Å². The van der Waals surface area contributed by atoms with Crippen LogP contribution in [0.25, 0.3) is 0 Å². The average Bonchev–Trinajstić information content (AvgIpc) is 2.26. The Labute approximate surface area is 98.9 Å².